The van der Waals surface area contributed by atoms with Crippen molar-refractivity contribution in [3.05, 3.63) is 164 Å². The molecule has 0 spiro atoms. The summed E-state index contributed by atoms with van der Waals surface area (Å²) in [5, 5.41) is 7.11. The summed E-state index contributed by atoms with van der Waals surface area (Å²) in [6, 6.07) is 57.4. The van der Waals surface area contributed by atoms with E-state index in [2.05, 4.69) is 144 Å². The van der Waals surface area contributed by atoms with Gasteiger partial charge in [0.1, 0.15) is 11.2 Å². The maximum atomic E-state index is 6.76. The fourth-order valence-corrected chi connectivity index (χ4v) is 9.00. The van der Waals surface area contributed by atoms with Gasteiger partial charge in [0.05, 0.1) is 27.1 Å². The van der Waals surface area contributed by atoms with Crippen molar-refractivity contribution >= 4 is 75.3 Å². The van der Waals surface area contributed by atoms with E-state index in [-0.39, 0.29) is 0 Å². The normalized spacial score (nSPS) is 11.9. The highest BCUT2D eigenvalue weighted by molar-refractivity contribution is 7.27. The van der Waals surface area contributed by atoms with Gasteiger partial charge in [0.15, 0.2) is 5.82 Å². The van der Waals surface area contributed by atoms with Gasteiger partial charge < -0.3 is 8.98 Å². The number of hydrogen-bond donors (Lipinski definition) is 0. The van der Waals surface area contributed by atoms with Crippen molar-refractivity contribution in [2.24, 2.45) is 0 Å². The van der Waals surface area contributed by atoms with Gasteiger partial charge in [-0.2, -0.15) is 0 Å². The van der Waals surface area contributed by atoms with Crippen LogP contribution in [-0.2, 0) is 0 Å². The van der Waals surface area contributed by atoms with Crippen molar-refractivity contribution in [1.29, 1.82) is 0 Å². The van der Waals surface area contributed by atoms with Crippen LogP contribution < -0.4 is 0 Å². The van der Waals surface area contributed by atoms with E-state index in [0.29, 0.717) is 5.82 Å². The van der Waals surface area contributed by atoms with Crippen molar-refractivity contribution in [2.75, 3.05) is 0 Å². The van der Waals surface area contributed by atoms with Crippen LogP contribution in [0.1, 0.15) is 0 Å². The highest BCUT2D eigenvalue weighted by atomic mass is 32.1. The highest BCUT2D eigenvalue weighted by Crippen LogP contribution is 2.50. The molecule has 0 saturated heterocycles. The van der Waals surface area contributed by atoms with E-state index in [9.17, 15) is 0 Å². The number of benzene rings is 7. The van der Waals surface area contributed by atoms with Crippen LogP contribution >= 0.6 is 11.3 Å². The summed E-state index contributed by atoms with van der Waals surface area (Å²) in [5.74, 6) is 0.704. The minimum Gasteiger partial charge on any atom is -0.455 e. The minimum absolute atomic E-state index is 0.704. The zero-order chi connectivity index (χ0) is 33.5. The van der Waals surface area contributed by atoms with Crippen LogP contribution in [-0.4, -0.2) is 14.5 Å². The summed E-state index contributed by atoms with van der Waals surface area (Å²) in [5.41, 5.74) is 10.1. The predicted octanol–water partition coefficient (Wildman–Crippen LogP) is 12.8. The molecule has 0 fully saturated rings. The molecule has 0 saturated carbocycles. The number of thiophene rings is 1. The Balaban J connectivity index is 1.24. The summed E-state index contributed by atoms with van der Waals surface area (Å²) >= 11 is 1.84. The van der Waals surface area contributed by atoms with Crippen molar-refractivity contribution in [3.63, 3.8) is 0 Å². The Morgan fingerprint density at radius 1 is 0.490 bits per heavy atom. The van der Waals surface area contributed by atoms with Crippen molar-refractivity contribution < 1.29 is 4.42 Å². The fourth-order valence-electron chi connectivity index (χ4n) is 7.76. The van der Waals surface area contributed by atoms with Gasteiger partial charge in [0.25, 0.3) is 0 Å². The Morgan fingerprint density at radius 3 is 1.96 bits per heavy atom. The van der Waals surface area contributed by atoms with Gasteiger partial charge in [-0.25, -0.2) is 9.97 Å². The number of nitrogens with zero attached hydrogens (tertiary/aromatic N) is 3. The highest BCUT2D eigenvalue weighted by Gasteiger charge is 2.25. The van der Waals surface area contributed by atoms with Crippen LogP contribution in [0.2, 0.25) is 0 Å². The maximum Gasteiger partial charge on any atom is 0.160 e. The molecule has 7 aromatic carbocycles. The van der Waals surface area contributed by atoms with Crippen LogP contribution in [0.4, 0.5) is 0 Å². The Morgan fingerprint density at radius 2 is 1.14 bits per heavy atom. The second-order valence-electron chi connectivity index (χ2n) is 12.9. The van der Waals surface area contributed by atoms with Crippen LogP contribution in [0.15, 0.2) is 168 Å². The molecule has 0 aliphatic carbocycles. The number of rotatable bonds is 4. The molecule has 0 radical (unpaired) electrons. The molecular formula is C46H27N3OS. The molecule has 5 heteroatoms. The molecule has 51 heavy (non-hydrogen) atoms. The number of aromatic nitrogens is 3. The third-order valence-electron chi connectivity index (χ3n) is 9.99. The molecule has 238 valence electrons. The van der Waals surface area contributed by atoms with E-state index in [1.165, 1.54) is 41.8 Å². The van der Waals surface area contributed by atoms with Crippen molar-refractivity contribution in [2.45, 2.75) is 0 Å². The van der Waals surface area contributed by atoms with Gasteiger partial charge in [0.2, 0.25) is 0 Å². The first-order valence-electron chi connectivity index (χ1n) is 17.1. The van der Waals surface area contributed by atoms with E-state index in [1.54, 1.807) is 0 Å². The van der Waals surface area contributed by atoms with E-state index in [4.69, 9.17) is 14.4 Å². The quantitative estimate of drug-likeness (QED) is 0.187. The second kappa shape index (κ2) is 11.0. The largest absolute Gasteiger partial charge is 0.455 e. The summed E-state index contributed by atoms with van der Waals surface area (Å²) in [6.45, 7) is 0. The molecule has 0 aliphatic heterocycles. The average Bonchev–Trinajstić information content (AvgIpc) is 3.88. The van der Waals surface area contributed by atoms with Crippen LogP contribution in [0.5, 0.6) is 0 Å². The number of hydrogen-bond acceptors (Lipinski definition) is 4. The van der Waals surface area contributed by atoms with Crippen LogP contribution in [0, 0.1) is 0 Å². The summed E-state index contributed by atoms with van der Waals surface area (Å²) in [4.78, 5) is 10.2. The van der Waals surface area contributed by atoms with E-state index >= 15 is 0 Å². The molecule has 0 bridgehead atoms. The number of fused-ring (bicyclic) bond motifs is 12. The third-order valence-corrected chi connectivity index (χ3v) is 11.2. The summed E-state index contributed by atoms with van der Waals surface area (Å²) in [7, 11) is 0. The zero-order valence-electron chi connectivity index (χ0n) is 27.2. The van der Waals surface area contributed by atoms with Gasteiger partial charge in [-0.15, -0.1) is 11.3 Å². The smallest absolute Gasteiger partial charge is 0.160 e. The Bertz CT molecular complexity index is 3080. The minimum atomic E-state index is 0.704. The first-order valence-corrected chi connectivity index (χ1v) is 17.9. The van der Waals surface area contributed by atoms with Crippen molar-refractivity contribution in [3.8, 4) is 39.6 Å². The first kappa shape index (κ1) is 28.3. The molecule has 4 heterocycles. The Kier molecular flexibility index (Phi) is 6.09. The van der Waals surface area contributed by atoms with Crippen LogP contribution in [0.3, 0.4) is 0 Å². The third kappa shape index (κ3) is 4.25. The number of furan rings is 1. The maximum absolute atomic E-state index is 6.76. The van der Waals surface area contributed by atoms with Gasteiger partial charge in [-0.3, -0.25) is 0 Å². The zero-order valence-corrected chi connectivity index (χ0v) is 28.1. The topological polar surface area (TPSA) is 43.9 Å². The van der Waals surface area contributed by atoms with Crippen LogP contribution in [0.25, 0.3) is 104 Å². The molecular weight excluding hydrogens is 643 g/mol. The molecule has 11 rings (SSSR count). The first-order chi connectivity index (χ1) is 25.3. The average molecular weight is 670 g/mol. The predicted molar refractivity (Wildman–Crippen MR) is 213 cm³/mol. The summed E-state index contributed by atoms with van der Waals surface area (Å²) < 4.78 is 11.7. The van der Waals surface area contributed by atoms with E-state index < -0.39 is 0 Å². The molecule has 0 unspecified atom stereocenters. The monoisotopic (exact) mass is 669 g/mol. The number of para-hydroxylation sites is 2. The Hall–Kier alpha value is -6.56. The Labute approximate surface area is 296 Å². The molecule has 4 nitrogen and oxygen atoms in total. The lowest BCUT2D eigenvalue weighted by Gasteiger charge is -2.12. The molecule has 0 amide bonds. The van der Waals surface area contributed by atoms with Gasteiger partial charge in [0, 0.05) is 59.4 Å². The molecule has 4 aromatic heterocycles. The lowest BCUT2D eigenvalue weighted by molar-refractivity contribution is 0.673. The second-order valence-corrected chi connectivity index (χ2v) is 14.0. The lowest BCUT2D eigenvalue weighted by Crippen LogP contribution is -1.98. The lowest BCUT2D eigenvalue weighted by atomic mass is 10.0. The standard InChI is InChI=1S/C46H27N3OS/c1-3-14-28(15-4-1)35-27-36(48-46(47-35)29-16-5-2-6-17-29)30-18-13-19-31(26-30)49-37-23-10-7-20-32(37)40-41-33-21-8-11-24-38(33)50-44(41)42-34-22-9-12-25-39(34)51-45(42)43(40)49/h1-27H. The molecule has 11 aromatic rings. The van der Waals surface area contributed by atoms with Gasteiger partial charge in [-0.1, -0.05) is 127 Å². The molecule has 0 aliphatic rings. The fraction of sp³-hybridized carbons (Fsp3) is 0. The SMILES string of the molecule is c1ccc(-c2cc(-c3cccc(-n4c5ccccc5c5c6c7ccccc7oc6c6c7ccccc7sc6c54)c3)nc(-c3ccccc3)n2)cc1. The molecule has 0 N–H and O–H groups in total. The van der Waals surface area contributed by atoms with Crippen molar-refractivity contribution in [1.82, 2.24) is 14.5 Å². The molecule has 0 atom stereocenters. The van der Waals surface area contributed by atoms with E-state index in [1.807, 2.05) is 35.6 Å². The van der Waals surface area contributed by atoms with Gasteiger partial charge in [-0.05, 0) is 36.4 Å². The van der Waals surface area contributed by atoms with Gasteiger partial charge >= 0.3 is 0 Å². The van der Waals surface area contributed by atoms with E-state index in [0.717, 1.165) is 55.8 Å². The summed E-state index contributed by atoms with van der Waals surface area (Å²) in [6.07, 6.45) is 0.